The van der Waals surface area contributed by atoms with Gasteiger partial charge in [0.25, 0.3) is 0 Å². The summed E-state index contributed by atoms with van der Waals surface area (Å²) in [6, 6.07) is -0.122. The molecule has 1 fully saturated rings. The Morgan fingerprint density at radius 3 is 2.64 bits per heavy atom. The van der Waals surface area contributed by atoms with Crippen molar-refractivity contribution < 1.29 is 13.2 Å². The number of nitrogens with two attached hydrogens (primary N) is 1. The zero-order valence-corrected chi connectivity index (χ0v) is 7.30. The van der Waals surface area contributed by atoms with Crippen molar-refractivity contribution in [2.45, 2.75) is 18.6 Å². The van der Waals surface area contributed by atoms with E-state index in [2.05, 4.69) is 0 Å². The van der Waals surface area contributed by atoms with Crippen molar-refractivity contribution in [1.29, 1.82) is 0 Å². The molecule has 0 amide bonds. The topological polar surface area (TPSA) is 69.4 Å². The van der Waals surface area contributed by atoms with Crippen LogP contribution in [0, 0.1) is 0 Å². The maximum Gasteiger partial charge on any atom is 0.152 e. The average Bonchev–Trinajstić information content (AvgIpc) is 1.94. The van der Waals surface area contributed by atoms with Crippen molar-refractivity contribution in [3.05, 3.63) is 0 Å². The number of sulfone groups is 1. The minimum absolute atomic E-state index is 0.0741. The standard InChI is InChI=1S/C6H13NO3S/c1-10-6-4-11(8,9)3-2-5(6)7/h5-6H,2-4,7H2,1H3. The molecule has 2 N–H and O–H groups in total. The molecule has 0 aliphatic carbocycles. The summed E-state index contributed by atoms with van der Waals surface area (Å²) in [7, 11) is -1.39. The minimum Gasteiger partial charge on any atom is -0.379 e. The largest absolute Gasteiger partial charge is 0.379 e. The van der Waals surface area contributed by atoms with Crippen LogP contribution in [0.1, 0.15) is 6.42 Å². The van der Waals surface area contributed by atoms with Crippen LogP contribution in [0.15, 0.2) is 0 Å². The maximum absolute atomic E-state index is 11.0. The Hall–Kier alpha value is -0.130. The lowest BCUT2D eigenvalue weighted by molar-refractivity contribution is 0.0934. The molecule has 0 radical (unpaired) electrons. The highest BCUT2D eigenvalue weighted by Gasteiger charge is 2.30. The predicted molar refractivity (Wildman–Crippen MR) is 42.0 cm³/mol. The summed E-state index contributed by atoms with van der Waals surface area (Å²) in [5.41, 5.74) is 5.62. The summed E-state index contributed by atoms with van der Waals surface area (Å²) in [4.78, 5) is 0. The quantitative estimate of drug-likeness (QED) is 0.569. The summed E-state index contributed by atoms with van der Waals surface area (Å²) < 4.78 is 27.0. The molecule has 0 aromatic carbocycles. The molecule has 2 atom stereocenters. The molecule has 4 nitrogen and oxygen atoms in total. The summed E-state index contributed by atoms with van der Waals surface area (Å²) in [5.74, 6) is 0.276. The zero-order valence-electron chi connectivity index (χ0n) is 6.49. The van der Waals surface area contributed by atoms with Gasteiger partial charge in [0, 0.05) is 13.2 Å². The predicted octanol–water partition coefficient (Wildman–Crippen LogP) is -0.853. The van der Waals surface area contributed by atoms with Crippen LogP contribution in [0.5, 0.6) is 0 Å². The first-order valence-electron chi connectivity index (χ1n) is 3.54. The second kappa shape index (κ2) is 3.08. The highest BCUT2D eigenvalue weighted by atomic mass is 32.2. The first kappa shape index (κ1) is 8.96. The van der Waals surface area contributed by atoms with Gasteiger partial charge in [-0.05, 0) is 6.42 Å². The van der Waals surface area contributed by atoms with Gasteiger partial charge in [-0.15, -0.1) is 0 Å². The van der Waals surface area contributed by atoms with E-state index in [-0.39, 0.29) is 23.7 Å². The van der Waals surface area contributed by atoms with Crippen LogP contribution in [0.25, 0.3) is 0 Å². The van der Waals surface area contributed by atoms with E-state index in [4.69, 9.17) is 10.5 Å². The Labute approximate surface area is 66.6 Å². The van der Waals surface area contributed by atoms with E-state index < -0.39 is 9.84 Å². The molecule has 0 bridgehead atoms. The van der Waals surface area contributed by atoms with Crippen molar-refractivity contribution in [1.82, 2.24) is 0 Å². The van der Waals surface area contributed by atoms with E-state index in [0.717, 1.165) is 0 Å². The molecular weight excluding hydrogens is 166 g/mol. The molecular formula is C6H13NO3S. The maximum atomic E-state index is 11.0. The van der Waals surface area contributed by atoms with Gasteiger partial charge in [0.05, 0.1) is 17.6 Å². The number of rotatable bonds is 1. The smallest absolute Gasteiger partial charge is 0.152 e. The van der Waals surface area contributed by atoms with Crippen LogP contribution in [0.2, 0.25) is 0 Å². The number of hydrogen-bond acceptors (Lipinski definition) is 4. The normalized spacial score (nSPS) is 36.9. The van der Waals surface area contributed by atoms with Gasteiger partial charge in [-0.3, -0.25) is 0 Å². The summed E-state index contributed by atoms with van der Waals surface area (Å²) in [6.07, 6.45) is 0.203. The molecule has 1 rings (SSSR count). The van der Waals surface area contributed by atoms with Gasteiger partial charge >= 0.3 is 0 Å². The van der Waals surface area contributed by atoms with Crippen LogP contribution in [0.4, 0.5) is 0 Å². The number of hydrogen-bond donors (Lipinski definition) is 1. The van der Waals surface area contributed by atoms with Gasteiger partial charge in [-0.2, -0.15) is 0 Å². The van der Waals surface area contributed by atoms with Crippen LogP contribution in [0.3, 0.4) is 0 Å². The van der Waals surface area contributed by atoms with E-state index in [1.165, 1.54) is 7.11 Å². The van der Waals surface area contributed by atoms with E-state index in [1.807, 2.05) is 0 Å². The van der Waals surface area contributed by atoms with Crippen LogP contribution >= 0.6 is 0 Å². The highest BCUT2D eigenvalue weighted by Crippen LogP contribution is 2.13. The molecule has 5 heteroatoms. The van der Waals surface area contributed by atoms with Crippen molar-refractivity contribution in [3.63, 3.8) is 0 Å². The third-order valence-electron chi connectivity index (χ3n) is 1.96. The van der Waals surface area contributed by atoms with Gasteiger partial charge in [0.2, 0.25) is 0 Å². The summed E-state index contributed by atoms with van der Waals surface area (Å²) in [5, 5.41) is 0. The van der Waals surface area contributed by atoms with Gasteiger partial charge in [-0.25, -0.2) is 8.42 Å². The average molecular weight is 179 g/mol. The molecule has 1 saturated heterocycles. The number of methoxy groups -OCH3 is 1. The molecule has 2 unspecified atom stereocenters. The molecule has 1 aliphatic rings. The Morgan fingerprint density at radius 1 is 1.55 bits per heavy atom. The first-order valence-corrected chi connectivity index (χ1v) is 5.36. The van der Waals surface area contributed by atoms with Gasteiger partial charge in [0.15, 0.2) is 9.84 Å². The molecule has 0 aromatic heterocycles. The molecule has 0 saturated carbocycles. The fourth-order valence-electron chi connectivity index (χ4n) is 1.20. The highest BCUT2D eigenvalue weighted by molar-refractivity contribution is 7.91. The Balaban J connectivity index is 2.66. The SMILES string of the molecule is COC1CS(=O)(=O)CCC1N. The Bertz CT molecular complexity index is 224. The summed E-state index contributed by atoms with van der Waals surface area (Å²) >= 11 is 0. The molecule has 11 heavy (non-hydrogen) atoms. The lowest BCUT2D eigenvalue weighted by Gasteiger charge is -2.26. The van der Waals surface area contributed by atoms with Crippen molar-refractivity contribution in [3.8, 4) is 0 Å². The van der Waals surface area contributed by atoms with Crippen molar-refractivity contribution in [2.24, 2.45) is 5.73 Å². The Morgan fingerprint density at radius 2 is 2.18 bits per heavy atom. The van der Waals surface area contributed by atoms with E-state index >= 15 is 0 Å². The monoisotopic (exact) mass is 179 g/mol. The fourth-order valence-corrected chi connectivity index (χ4v) is 2.88. The van der Waals surface area contributed by atoms with Crippen molar-refractivity contribution >= 4 is 9.84 Å². The van der Waals surface area contributed by atoms with Gasteiger partial charge < -0.3 is 10.5 Å². The lowest BCUT2D eigenvalue weighted by Crippen LogP contribution is -2.46. The second-order valence-electron chi connectivity index (χ2n) is 2.84. The molecule has 0 spiro atoms. The first-order chi connectivity index (χ1) is 5.05. The third-order valence-corrected chi connectivity index (χ3v) is 3.65. The van der Waals surface area contributed by atoms with Crippen molar-refractivity contribution in [2.75, 3.05) is 18.6 Å². The second-order valence-corrected chi connectivity index (χ2v) is 5.07. The molecule has 1 aliphatic heterocycles. The number of ether oxygens (including phenoxy) is 1. The van der Waals surface area contributed by atoms with E-state index in [1.54, 1.807) is 0 Å². The molecule has 66 valence electrons. The van der Waals surface area contributed by atoms with Gasteiger partial charge in [-0.1, -0.05) is 0 Å². The van der Waals surface area contributed by atoms with Crippen LogP contribution in [-0.4, -0.2) is 39.2 Å². The molecule has 1 heterocycles. The zero-order chi connectivity index (χ0) is 8.48. The van der Waals surface area contributed by atoms with E-state index in [0.29, 0.717) is 6.42 Å². The Kier molecular flexibility index (Phi) is 2.51. The third kappa shape index (κ3) is 2.15. The van der Waals surface area contributed by atoms with Gasteiger partial charge in [0.1, 0.15) is 0 Å². The van der Waals surface area contributed by atoms with E-state index in [9.17, 15) is 8.42 Å². The van der Waals surface area contributed by atoms with Crippen LogP contribution < -0.4 is 5.73 Å². The molecule has 0 aromatic rings. The minimum atomic E-state index is -2.88. The lowest BCUT2D eigenvalue weighted by atomic mass is 10.1. The fraction of sp³-hybridized carbons (Fsp3) is 1.00. The summed E-state index contributed by atoms with van der Waals surface area (Å²) in [6.45, 7) is 0. The van der Waals surface area contributed by atoms with Crippen LogP contribution in [-0.2, 0) is 14.6 Å².